The van der Waals surface area contributed by atoms with E-state index in [0.29, 0.717) is 18.2 Å². The molecule has 2 heterocycles. The first-order valence-corrected chi connectivity index (χ1v) is 5.27. The van der Waals surface area contributed by atoms with Crippen LogP contribution in [0.25, 0.3) is 5.65 Å². The third-order valence-corrected chi connectivity index (χ3v) is 2.53. The quantitative estimate of drug-likeness (QED) is 0.756. The highest BCUT2D eigenvalue weighted by atomic mass is 16.1. The Labute approximate surface area is 93.0 Å². The van der Waals surface area contributed by atoms with Crippen LogP contribution in [-0.4, -0.2) is 26.2 Å². The molecule has 0 aromatic carbocycles. The molecule has 1 amide bonds. The summed E-state index contributed by atoms with van der Waals surface area (Å²) in [7, 11) is 0. The summed E-state index contributed by atoms with van der Waals surface area (Å²) in [6.07, 6.45) is 0.665. The van der Waals surface area contributed by atoms with Crippen molar-refractivity contribution >= 4 is 12.1 Å². The van der Waals surface area contributed by atoms with Gasteiger partial charge in [-0.1, -0.05) is 13.8 Å². The second-order valence-corrected chi connectivity index (χ2v) is 4.11. The van der Waals surface area contributed by atoms with Crippen LogP contribution in [0, 0.1) is 0 Å². The summed E-state index contributed by atoms with van der Waals surface area (Å²) in [4.78, 5) is 10.4. The highest BCUT2D eigenvalue weighted by molar-refractivity contribution is 5.47. The number of fused-ring (bicyclic) bond motifs is 1. The maximum absolute atomic E-state index is 10.4. The molecule has 6 heteroatoms. The number of amides is 1. The number of hydrogen-bond acceptors (Lipinski definition) is 3. The number of aromatic nitrogens is 4. The molecule has 0 aliphatic rings. The molecule has 16 heavy (non-hydrogen) atoms. The summed E-state index contributed by atoms with van der Waals surface area (Å²) < 4.78 is 1.73. The molecule has 1 unspecified atom stereocenters. The maximum Gasteiger partial charge on any atom is 0.207 e. The zero-order valence-corrected chi connectivity index (χ0v) is 9.56. The first kappa shape index (κ1) is 10.7. The van der Waals surface area contributed by atoms with Crippen molar-refractivity contribution in [3.8, 4) is 0 Å². The Morgan fingerprint density at radius 2 is 2.25 bits per heavy atom. The van der Waals surface area contributed by atoms with E-state index in [4.69, 9.17) is 0 Å². The van der Waals surface area contributed by atoms with Crippen LogP contribution in [0.5, 0.6) is 0 Å². The topological polar surface area (TPSA) is 75.1 Å². The number of nitrogens with one attached hydrogen (secondary N) is 2. The lowest BCUT2D eigenvalue weighted by Gasteiger charge is -2.05. The molecule has 0 bridgehead atoms. The first-order valence-electron chi connectivity index (χ1n) is 5.27. The van der Waals surface area contributed by atoms with Crippen LogP contribution < -0.4 is 5.32 Å². The fourth-order valence-electron chi connectivity index (χ4n) is 1.55. The van der Waals surface area contributed by atoms with Crippen LogP contribution in [0.1, 0.15) is 44.2 Å². The molecule has 0 radical (unpaired) electrons. The summed E-state index contributed by atoms with van der Waals surface area (Å²) in [6.45, 7) is 6.03. The minimum Gasteiger partial charge on any atom is -0.349 e. The summed E-state index contributed by atoms with van der Waals surface area (Å²) in [6, 6.07) is 1.81. The lowest BCUT2D eigenvalue weighted by Crippen LogP contribution is -2.19. The van der Waals surface area contributed by atoms with E-state index in [-0.39, 0.29) is 6.04 Å². The van der Waals surface area contributed by atoms with Crippen molar-refractivity contribution in [2.45, 2.75) is 32.7 Å². The van der Waals surface area contributed by atoms with Crippen LogP contribution in [0.4, 0.5) is 0 Å². The van der Waals surface area contributed by atoms with Gasteiger partial charge in [-0.3, -0.25) is 9.89 Å². The minimum absolute atomic E-state index is 0.161. The molecule has 2 aromatic heterocycles. The Morgan fingerprint density at radius 3 is 2.88 bits per heavy atom. The first-order chi connectivity index (χ1) is 7.63. The van der Waals surface area contributed by atoms with Crippen LogP contribution in [-0.2, 0) is 4.79 Å². The predicted molar refractivity (Wildman–Crippen MR) is 59.0 cm³/mol. The van der Waals surface area contributed by atoms with Gasteiger partial charge >= 0.3 is 0 Å². The van der Waals surface area contributed by atoms with E-state index in [2.05, 4.69) is 34.5 Å². The lowest BCUT2D eigenvalue weighted by atomic mass is 10.1. The van der Waals surface area contributed by atoms with E-state index in [0.717, 1.165) is 11.3 Å². The highest BCUT2D eigenvalue weighted by Gasteiger charge is 2.15. The molecular weight excluding hydrogens is 206 g/mol. The molecule has 0 aliphatic carbocycles. The van der Waals surface area contributed by atoms with Crippen molar-refractivity contribution < 1.29 is 4.79 Å². The molecule has 1 atom stereocenters. The van der Waals surface area contributed by atoms with Gasteiger partial charge in [0.05, 0.1) is 11.7 Å². The number of carbonyl (C=O) groups is 1. The largest absolute Gasteiger partial charge is 0.349 e. The van der Waals surface area contributed by atoms with Gasteiger partial charge in [0.1, 0.15) is 0 Å². The van der Waals surface area contributed by atoms with E-state index in [1.165, 1.54) is 0 Å². The van der Waals surface area contributed by atoms with Gasteiger partial charge in [0.15, 0.2) is 11.5 Å². The van der Waals surface area contributed by atoms with Gasteiger partial charge in [-0.15, -0.1) is 0 Å². The van der Waals surface area contributed by atoms with Gasteiger partial charge in [0.2, 0.25) is 6.41 Å². The molecule has 0 saturated carbocycles. The van der Waals surface area contributed by atoms with E-state index in [1.54, 1.807) is 4.52 Å². The van der Waals surface area contributed by atoms with Crippen LogP contribution in [0.15, 0.2) is 6.07 Å². The summed E-state index contributed by atoms with van der Waals surface area (Å²) >= 11 is 0. The SMILES string of the molecule is CC(C)c1cc2[nH]nc(C(C)NC=O)n2n1. The van der Waals surface area contributed by atoms with E-state index >= 15 is 0 Å². The second-order valence-electron chi connectivity index (χ2n) is 4.11. The number of nitrogens with zero attached hydrogens (tertiary/aromatic N) is 3. The van der Waals surface area contributed by atoms with Crippen molar-refractivity contribution in [2.24, 2.45) is 0 Å². The zero-order valence-electron chi connectivity index (χ0n) is 9.56. The summed E-state index contributed by atoms with van der Waals surface area (Å²) in [5.74, 6) is 1.07. The average Bonchev–Trinajstić information content (AvgIpc) is 2.75. The van der Waals surface area contributed by atoms with Gasteiger partial charge < -0.3 is 5.32 Å². The van der Waals surface area contributed by atoms with Crippen molar-refractivity contribution in [3.63, 3.8) is 0 Å². The van der Waals surface area contributed by atoms with Crippen LogP contribution in [0.2, 0.25) is 0 Å². The third kappa shape index (κ3) is 1.66. The predicted octanol–water partition coefficient (Wildman–Crippen LogP) is 0.988. The normalized spacial score (nSPS) is 13.2. The van der Waals surface area contributed by atoms with Crippen molar-refractivity contribution in [3.05, 3.63) is 17.6 Å². The molecule has 0 saturated heterocycles. The summed E-state index contributed by atoms with van der Waals surface area (Å²) in [5, 5.41) is 14.1. The van der Waals surface area contributed by atoms with E-state index in [1.807, 2.05) is 13.0 Å². The molecular formula is C10H15N5O. The van der Waals surface area contributed by atoms with Gasteiger partial charge in [0, 0.05) is 6.07 Å². The molecule has 2 aromatic rings. The van der Waals surface area contributed by atoms with Gasteiger partial charge in [-0.2, -0.15) is 14.7 Å². The Kier molecular flexibility index (Phi) is 2.64. The zero-order chi connectivity index (χ0) is 11.7. The smallest absolute Gasteiger partial charge is 0.207 e. The standard InChI is InChI=1S/C10H15N5O/c1-6(2)8-4-9-12-13-10(15(9)14-8)7(3)11-5-16/h4-7,12H,1-3H3,(H,11,16). The van der Waals surface area contributed by atoms with Gasteiger partial charge in [-0.25, -0.2) is 0 Å². The fourth-order valence-corrected chi connectivity index (χ4v) is 1.55. The van der Waals surface area contributed by atoms with Gasteiger partial charge in [-0.05, 0) is 12.8 Å². The number of hydrogen-bond donors (Lipinski definition) is 2. The highest BCUT2D eigenvalue weighted by Crippen LogP contribution is 2.17. The minimum atomic E-state index is -0.161. The fraction of sp³-hybridized carbons (Fsp3) is 0.500. The molecule has 86 valence electrons. The number of carbonyl (C=O) groups excluding carboxylic acids is 1. The molecule has 0 aliphatic heterocycles. The molecule has 0 fully saturated rings. The average molecular weight is 221 g/mol. The second kappa shape index (κ2) is 3.96. The Morgan fingerprint density at radius 1 is 1.50 bits per heavy atom. The molecule has 2 rings (SSSR count). The Balaban J connectivity index is 2.42. The number of aromatic amines is 1. The van der Waals surface area contributed by atoms with Crippen LogP contribution in [0.3, 0.4) is 0 Å². The number of rotatable bonds is 4. The third-order valence-electron chi connectivity index (χ3n) is 2.53. The maximum atomic E-state index is 10.4. The van der Waals surface area contributed by atoms with Crippen molar-refractivity contribution in [1.82, 2.24) is 25.1 Å². The molecule has 0 spiro atoms. The lowest BCUT2D eigenvalue weighted by molar-refractivity contribution is -0.110. The molecule has 6 nitrogen and oxygen atoms in total. The van der Waals surface area contributed by atoms with Crippen molar-refractivity contribution in [1.29, 1.82) is 0 Å². The Hall–Kier alpha value is -1.85. The van der Waals surface area contributed by atoms with Gasteiger partial charge in [0.25, 0.3) is 0 Å². The summed E-state index contributed by atoms with van der Waals surface area (Å²) in [5.41, 5.74) is 1.85. The van der Waals surface area contributed by atoms with Crippen LogP contribution >= 0.6 is 0 Å². The van der Waals surface area contributed by atoms with Crippen molar-refractivity contribution in [2.75, 3.05) is 0 Å². The van der Waals surface area contributed by atoms with E-state index in [9.17, 15) is 4.79 Å². The number of H-pyrrole nitrogens is 1. The van der Waals surface area contributed by atoms with E-state index < -0.39 is 0 Å². The Bertz CT molecular complexity index is 498. The monoisotopic (exact) mass is 221 g/mol. The molecule has 2 N–H and O–H groups in total.